The third kappa shape index (κ3) is 5.52. The summed E-state index contributed by atoms with van der Waals surface area (Å²) < 4.78 is 40.7. The first-order chi connectivity index (χ1) is 17.3. The molecular formula is C28H31F3N4O. The summed E-state index contributed by atoms with van der Waals surface area (Å²) in [6, 6.07) is 16.2. The Hall–Kier alpha value is -3.05. The van der Waals surface area contributed by atoms with E-state index in [2.05, 4.69) is 22.3 Å². The van der Waals surface area contributed by atoms with Gasteiger partial charge in [-0.25, -0.2) is 0 Å². The maximum Gasteiger partial charge on any atom is 0.417 e. The molecule has 5 nitrogen and oxygen atoms in total. The van der Waals surface area contributed by atoms with E-state index in [1.165, 1.54) is 11.6 Å². The van der Waals surface area contributed by atoms with E-state index in [4.69, 9.17) is 5.26 Å². The molecule has 0 radical (unpaired) electrons. The summed E-state index contributed by atoms with van der Waals surface area (Å²) in [7, 11) is 0. The predicted octanol–water partition coefficient (Wildman–Crippen LogP) is 4.82. The maximum absolute atomic E-state index is 13.6. The van der Waals surface area contributed by atoms with E-state index >= 15 is 0 Å². The second-order valence-corrected chi connectivity index (χ2v) is 10.4. The molecule has 190 valence electrons. The summed E-state index contributed by atoms with van der Waals surface area (Å²) in [5.74, 6) is 0.215. The lowest BCUT2D eigenvalue weighted by Gasteiger charge is -2.36. The molecule has 2 saturated heterocycles. The van der Waals surface area contributed by atoms with Gasteiger partial charge < -0.3 is 10.2 Å². The Bertz CT molecular complexity index is 1120. The zero-order chi connectivity index (χ0) is 25.3. The number of hydrogen-bond donors (Lipinski definition) is 1. The van der Waals surface area contributed by atoms with Crippen LogP contribution in [0.25, 0.3) is 0 Å². The minimum Gasteiger partial charge on any atom is -0.370 e. The van der Waals surface area contributed by atoms with Gasteiger partial charge in [-0.15, -0.1) is 0 Å². The van der Waals surface area contributed by atoms with Crippen LogP contribution in [0.1, 0.15) is 42.4 Å². The number of nitriles is 1. The van der Waals surface area contributed by atoms with Crippen molar-refractivity contribution >= 4 is 11.6 Å². The zero-order valence-electron chi connectivity index (χ0n) is 20.2. The number of rotatable bonds is 6. The van der Waals surface area contributed by atoms with Gasteiger partial charge in [-0.3, -0.25) is 9.69 Å². The van der Waals surface area contributed by atoms with E-state index in [-0.39, 0.29) is 29.3 Å². The normalized spacial score (nSPS) is 23.4. The molecule has 3 aliphatic rings. The molecule has 0 spiro atoms. The first-order valence-corrected chi connectivity index (χ1v) is 12.7. The molecule has 0 aromatic heterocycles. The quantitative estimate of drug-likeness (QED) is 0.623. The lowest BCUT2D eigenvalue weighted by Crippen LogP contribution is -2.41. The number of hydrogen-bond acceptors (Lipinski definition) is 4. The molecule has 3 fully saturated rings. The lowest BCUT2D eigenvalue weighted by molar-refractivity contribution is -0.137. The molecule has 2 aromatic carbocycles. The second kappa shape index (κ2) is 10.1. The van der Waals surface area contributed by atoms with E-state index in [9.17, 15) is 18.0 Å². The van der Waals surface area contributed by atoms with Gasteiger partial charge in [0.2, 0.25) is 5.91 Å². The number of nitrogens with one attached hydrogen (secondary N) is 1. The third-order valence-electron chi connectivity index (χ3n) is 7.91. The Kier molecular flexibility index (Phi) is 6.94. The number of likely N-dealkylation sites (tertiary alicyclic amines) is 1. The third-order valence-corrected chi connectivity index (χ3v) is 7.91. The number of amides is 1. The highest BCUT2D eigenvalue weighted by atomic mass is 19.4. The van der Waals surface area contributed by atoms with E-state index in [0.29, 0.717) is 24.7 Å². The average Bonchev–Trinajstić information content (AvgIpc) is 3.58. The Morgan fingerprint density at radius 1 is 1.03 bits per heavy atom. The van der Waals surface area contributed by atoms with Gasteiger partial charge in [0.05, 0.1) is 23.1 Å². The number of piperidine rings is 1. The summed E-state index contributed by atoms with van der Waals surface area (Å²) in [6.45, 7) is 3.75. The van der Waals surface area contributed by atoms with Crippen molar-refractivity contribution in [3.05, 3.63) is 65.2 Å². The molecule has 2 atom stereocenters. The topological polar surface area (TPSA) is 59.4 Å². The van der Waals surface area contributed by atoms with Crippen LogP contribution >= 0.6 is 0 Å². The van der Waals surface area contributed by atoms with Crippen molar-refractivity contribution in [3.63, 3.8) is 0 Å². The zero-order valence-corrected chi connectivity index (χ0v) is 20.2. The van der Waals surface area contributed by atoms with Crippen molar-refractivity contribution in [2.75, 3.05) is 31.1 Å². The lowest BCUT2D eigenvalue weighted by atomic mass is 9.78. The highest BCUT2D eigenvalue weighted by Gasteiger charge is 2.44. The highest BCUT2D eigenvalue weighted by Crippen LogP contribution is 2.40. The van der Waals surface area contributed by atoms with Gasteiger partial charge in [0, 0.05) is 31.4 Å². The fourth-order valence-corrected chi connectivity index (χ4v) is 5.77. The molecule has 2 heterocycles. The van der Waals surface area contributed by atoms with Gasteiger partial charge in [-0.1, -0.05) is 30.3 Å². The molecule has 0 unspecified atom stereocenters. The van der Waals surface area contributed by atoms with Gasteiger partial charge >= 0.3 is 6.18 Å². The number of alkyl halides is 3. The number of carbonyl (C=O) groups excluding carboxylic acids is 1. The van der Waals surface area contributed by atoms with E-state index in [1.807, 2.05) is 23.1 Å². The number of carbonyl (C=O) groups is 1. The van der Waals surface area contributed by atoms with Crippen LogP contribution in [0.2, 0.25) is 0 Å². The van der Waals surface area contributed by atoms with Crippen molar-refractivity contribution in [1.29, 1.82) is 5.26 Å². The van der Waals surface area contributed by atoms with Crippen LogP contribution in [-0.2, 0) is 17.5 Å². The van der Waals surface area contributed by atoms with Crippen LogP contribution in [-0.4, -0.2) is 43.0 Å². The molecule has 8 heteroatoms. The molecule has 1 saturated carbocycles. The summed E-state index contributed by atoms with van der Waals surface area (Å²) in [4.78, 5) is 17.5. The Morgan fingerprint density at radius 2 is 1.75 bits per heavy atom. The van der Waals surface area contributed by atoms with Gasteiger partial charge in [0.25, 0.3) is 0 Å². The van der Waals surface area contributed by atoms with Crippen LogP contribution in [0.3, 0.4) is 0 Å². The molecule has 1 amide bonds. The van der Waals surface area contributed by atoms with Crippen LogP contribution < -0.4 is 10.2 Å². The van der Waals surface area contributed by atoms with Crippen LogP contribution in [0.15, 0.2) is 48.5 Å². The number of halogens is 3. The fourth-order valence-electron chi connectivity index (χ4n) is 5.77. The minimum absolute atomic E-state index is 0.0291. The Balaban J connectivity index is 1.31. The molecule has 0 bridgehead atoms. The summed E-state index contributed by atoms with van der Waals surface area (Å²) in [5, 5.41) is 12.3. The number of nitrogens with zero attached hydrogens (tertiary/aromatic N) is 3. The van der Waals surface area contributed by atoms with Crippen molar-refractivity contribution in [1.82, 2.24) is 10.2 Å². The van der Waals surface area contributed by atoms with Crippen LogP contribution in [0.5, 0.6) is 0 Å². The molecule has 2 aromatic rings. The monoisotopic (exact) mass is 496 g/mol. The van der Waals surface area contributed by atoms with Gasteiger partial charge in [-0.05, 0) is 74.4 Å². The second-order valence-electron chi connectivity index (χ2n) is 10.4. The summed E-state index contributed by atoms with van der Waals surface area (Å²) >= 11 is 0. The Morgan fingerprint density at radius 3 is 2.39 bits per heavy atom. The molecule has 5 rings (SSSR count). The van der Waals surface area contributed by atoms with E-state index in [0.717, 1.165) is 51.4 Å². The van der Waals surface area contributed by atoms with E-state index in [1.54, 1.807) is 12.1 Å². The average molecular weight is 497 g/mol. The van der Waals surface area contributed by atoms with Crippen molar-refractivity contribution in [2.24, 2.45) is 17.8 Å². The maximum atomic E-state index is 13.6. The molecule has 2 aliphatic heterocycles. The first-order valence-electron chi connectivity index (χ1n) is 12.7. The first kappa shape index (κ1) is 24.6. The summed E-state index contributed by atoms with van der Waals surface area (Å²) in [6.07, 6.45) is -0.668. The van der Waals surface area contributed by atoms with Crippen molar-refractivity contribution in [3.8, 4) is 6.07 Å². The highest BCUT2D eigenvalue weighted by molar-refractivity contribution is 5.81. The molecule has 36 heavy (non-hydrogen) atoms. The van der Waals surface area contributed by atoms with Gasteiger partial charge in [0.1, 0.15) is 0 Å². The smallest absolute Gasteiger partial charge is 0.370 e. The molecular weight excluding hydrogens is 465 g/mol. The Labute approximate surface area is 209 Å². The number of benzene rings is 2. The molecule has 1 aliphatic carbocycles. The largest absolute Gasteiger partial charge is 0.417 e. The van der Waals surface area contributed by atoms with Crippen LogP contribution in [0, 0.1) is 29.1 Å². The predicted molar refractivity (Wildman–Crippen MR) is 131 cm³/mol. The minimum atomic E-state index is -4.60. The molecule has 1 N–H and O–H groups in total. The fraction of sp³-hybridized carbons (Fsp3) is 0.500. The van der Waals surface area contributed by atoms with E-state index < -0.39 is 11.7 Å². The standard InChI is InChI=1S/C28H31F3N4O/c29-28(30,31)26-14-23(9-6-21(26)15-32)35-17-24(25(18-35)27(36)33-22-7-8-22)20-10-12-34(13-11-20)16-19-4-2-1-3-5-19/h1-6,9,14,20,22,24-25H,7-8,10-13,16-18H2,(H,33,36)/t24-,25+/m0/s1. The van der Waals surface area contributed by atoms with Crippen LogP contribution in [0.4, 0.5) is 18.9 Å². The SMILES string of the molecule is N#Cc1ccc(N2C[C@@H](C(=O)NC3CC3)[C@H](C3CCN(Cc4ccccc4)CC3)C2)cc1C(F)(F)F. The number of anilines is 1. The van der Waals surface area contributed by atoms with Gasteiger partial charge in [0.15, 0.2) is 0 Å². The summed E-state index contributed by atoms with van der Waals surface area (Å²) in [5.41, 5.74) is 0.412. The van der Waals surface area contributed by atoms with Gasteiger partial charge in [-0.2, -0.15) is 18.4 Å². The van der Waals surface area contributed by atoms with Crippen molar-refractivity contribution in [2.45, 2.75) is 44.4 Å². The van der Waals surface area contributed by atoms with Crippen molar-refractivity contribution < 1.29 is 18.0 Å².